The fourth-order valence-electron chi connectivity index (χ4n) is 3.50. The molecule has 1 aliphatic rings. The number of carbonyl (C=O) groups is 2. The molecule has 0 saturated carbocycles. The first-order valence-electron chi connectivity index (χ1n) is 9.95. The lowest BCUT2D eigenvalue weighted by atomic mass is 10.0. The summed E-state index contributed by atoms with van der Waals surface area (Å²) < 4.78 is 2.52. The zero-order chi connectivity index (χ0) is 22.7. The second-order valence-electron chi connectivity index (χ2n) is 7.30. The van der Waals surface area contributed by atoms with Crippen LogP contribution in [0.15, 0.2) is 69.2 Å². The van der Waals surface area contributed by atoms with Crippen molar-refractivity contribution in [2.24, 2.45) is 17.1 Å². The SMILES string of the molecule is Cc1cc(C=NNC(=O)CN2C(=O)CN=C(c3ccccc3)c3cc(Br)ccc32)n(C)n1. The van der Waals surface area contributed by atoms with E-state index < -0.39 is 5.91 Å². The fourth-order valence-corrected chi connectivity index (χ4v) is 3.86. The van der Waals surface area contributed by atoms with E-state index in [-0.39, 0.29) is 19.0 Å². The zero-order valence-corrected chi connectivity index (χ0v) is 19.2. The number of aromatic nitrogens is 2. The van der Waals surface area contributed by atoms with E-state index in [9.17, 15) is 9.59 Å². The lowest BCUT2D eigenvalue weighted by Crippen LogP contribution is -2.40. The molecular weight excluding hydrogens is 472 g/mol. The number of nitrogens with one attached hydrogen (secondary N) is 1. The van der Waals surface area contributed by atoms with Crippen molar-refractivity contribution in [1.29, 1.82) is 0 Å². The third-order valence-electron chi connectivity index (χ3n) is 4.95. The molecule has 162 valence electrons. The number of carbonyl (C=O) groups excluding carboxylic acids is 2. The standard InChI is InChI=1S/C23H21BrN6O2/c1-15-10-18(29(2)28-15)12-26-27-21(31)14-30-20-9-8-17(24)11-19(20)23(25-13-22(30)32)16-6-4-3-5-7-16/h3-12H,13-14H2,1-2H3,(H,27,31). The summed E-state index contributed by atoms with van der Waals surface area (Å²) in [6, 6.07) is 17.1. The molecule has 8 nitrogen and oxygen atoms in total. The van der Waals surface area contributed by atoms with Crippen LogP contribution in [0.3, 0.4) is 0 Å². The van der Waals surface area contributed by atoms with Gasteiger partial charge in [-0.15, -0.1) is 0 Å². The van der Waals surface area contributed by atoms with E-state index in [4.69, 9.17) is 0 Å². The summed E-state index contributed by atoms with van der Waals surface area (Å²) in [5, 5.41) is 8.23. The number of aliphatic imine (C=N–C) groups is 1. The molecule has 1 aliphatic heterocycles. The number of fused-ring (bicyclic) bond motifs is 1. The Hall–Kier alpha value is -3.59. The highest BCUT2D eigenvalue weighted by Gasteiger charge is 2.27. The van der Waals surface area contributed by atoms with Crippen molar-refractivity contribution in [2.45, 2.75) is 6.92 Å². The van der Waals surface area contributed by atoms with Crippen molar-refractivity contribution in [3.63, 3.8) is 0 Å². The molecule has 2 aromatic carbocycles. The minimum absolute atomic E-state index is 0.0542. The summed E-state index contributed by atoms with van der Waals surface area (Å²) in [6.07, 6.45) is 1.52. The molecule has 0 spiro atoms. The van der Waals surface area contributed by atoms with Crippen LogP contribution in [0, 0.1) is 6.92 Å². The van der Waals surface area contributed by atoms with E-state index >= 15 is 0 Å². The number of benzodiazepines with no additional fused rings is 1. The van der Waals surface area contributed by atoms with Gasteiger partial charge in [0.1, 0.15) is 13.1 Å². The highest BCUT2D eigenvalue weighted by Crippen LogP contribution is 2.29. The lowest BCUT2D eigenvalue weighted by Gasteiger charge is -2.22. The molecule has 9 heteroatoms. The Balaban J connectivity index is 1.58. The van der Waals surface area contributed by atoms with E-state index in [1.54, 1.807) is 11.7 Å². The fraction of sp³-hybridized carbons (Fsp3) is 0.174. The van der Waals surface area contributed by atoms with Crippen molar-refractivity contribution in [1.82, 2.24) is 15.2 Å². The quantitative estimate of drug-likeness (QED) is 0.438. The van der Waals surface area contributed by atoms with Crippen LogP contribution in [-0.2, 0) is 16.6 Å². The molecule has 0 fully saturated rings. The van der Waals surface area contributed by atoms with Crippen LogP contribution in [0.2, 0.25) is 0 Å². The third-order valence-corrected chi connectivity index (χ3v) is 5.44. The average molecular weight is 493 g/mol. The Morgan fingerprint density at radius 1 is 1.22 bits per heavy atom. The second kappa shape index (κ2) is 9.27. The summed E-state index contributed by atoms with van der Waals surface area (Å²) >= 11 is 3.50. The number of anilines is 1. The summed E-state index contributed by atoms with van der Waals surface area (Å²) in [6.45, 7) is 1.65. The molecule has 0 aliphatic carbocycles. The number of hydrogen-bond acceptors (Lipinski definition) is 5. The van der Waals surface area contributed by atoms with Gasteiger partial charge in [-0.2, -0.15) is 10.2 Å². The second-order valence-corrected chi connectivity index (χ2v) is 8.22. The first-order valence-corrected chi connectivity index (χ1v) is 10.7. The van der Waals surface area contributed by atoms with Gasteiger partial charge in [0.2, 0.25) is 5.91 Å². The molecule has 0 unspecified atom stereocenters. The Labute approximate surface area is 193 Å². The van der Waals surface area contributed by atoms with Crippen LogP contribution in [0.4, 0.5) is 5.69 Å². The van der Waals surface area contributed by atoms with Crippen molar-refractivity contribution in [3.8, 4) is 0 Å². The van der Waals surface area contributed by atoms with Crippen LogP contribution >= 0.6 is 15.9 Å². The molecule has 2 amide bonds. The molecule has 2 heterocycles. The van der Waals surface area contributed by atoms with Crippen molar-refractivity contribution < 1.29 is 9.59 Å². The van der Waals surface area contributed by atoms with Crippen molar-refractivity contribution >= 4 is 45.4 Å². The minimum atomic E-state index is -0.412. The van der Waals surface area contributed by atoms with E-state index in [0.717, 1.165) is 27.0 Å². The molecule has 0 radical (unpaired) electrons. The highest BCUT2D eigenvalue weighted by atomic mass is 79.9. The molecule has 0 atom stereocenters. The van der Waals surface area contributed by atoms with Gasteiger partial charge in [0.15, 0.2) is 0 Å². The Morgan fingerprint density at radius 2 is 2.00 bits per heavy atom. The monoisotopic (exact) mass is 492 g/mol. The number of halogens is 1. The zero-order valence-electron chi connectivity index (χ0n) is 17.6. The van der Waals surface area contributed by atoms with Gasteiger partial charge in [0.25, 0.3) is 5.91 Å². The van der Waals surface area contributed by atoms with Gasteiger partial charge in [0.05, 0.1) is 29.0 Å². The summed E-state index contributed by atoms with van der Waals surface area (Å²) in [5.41, 5.74) is 7.11. The van der Waals surface area contributed by atoms with Gasteiger partial charge in [-0.3, -0.25) is 19.3 Å². The van der Waals surface area contributed by atoms with Crippen LogP contribution < -0.4 is 10.3 Å². The van der Waals surface area contributed by atoms with Crippen LogP contribution in [0.5, 0.6) is 0 Å². The largest absolute Gasteiger partial charge is 0.301 e. The smallest absolute Gasteiger partial charge is 0.260 e. The third kappa shape index (κ3) is 4.67. The van der Waals surface area contributed by atoms with Gasteiger partial charge in [-0.1, -0.05) is 46.3 Å². The average Bonchev–Trinajstić information content (AvgIpc) is 3.03. The van der Waals surface area contributed by atoms with Gasteiger partial charge in [-0.05, 0) is 31.2 Å². The normalized spacial score (nSPS) is 13.7. The van der Waals surface area contributed by atoms with Gasteiger partial charge in [-0.25, -0.2) is 5.43 Å². The maximum absolute atomic E-state index is 12.9. The first-order chi connectivity index (χ1) is 15.4. The molecule has 4 rings (SSSR count). The summed E-state index contributed by atoms with van der Waals surface area (Å²) in [7, 11) is 1.80. The summed E-state index contributed by atoms with van der Waals surface area (Å²) in [5.74, 6) is -0.675. The number of benzene rings is 2. The number of nitrogens with zero attached hydrogens (tertiary/aromatic N) is 5. The number of hydrogen-bond donors (Lipinski definition) is 1. The van der Waals surface area contributed by atoms with Crippen molar-refractivity contribution in [2.75, 3.05) is 18.0 Å². The minimum Gasteiger partial charge on any atom is -0.301 e. The van der Waals surface area contributed by atoms with E-state index in [1.807, 2.05) is 61.5 Å². The lowest BCUT2D eigenvalue weighted by molar-refractivity contribution is -0.123. The Bertz CT molecular complexity index is 1230. The van der Waals surface area contributed by atoms with E-state index in [0.29, 0.717) is 11.4 Å². The first kappa shape index (κ1) is 21.6. The van der Waals surface area contributed by atoms with Gasteiger partial charge >= 0.3 is 0 Å². The topological polar surface area (TPSA) is 92.0 Å². The number of aryl methyl sites for hydroxylation is 2. The molecule has 1 aromatic heterocycles. The van der Waals surface area contributed by atoms with E-state index in [2.05, 4.69) is 36.5 Å². The molecule has 0 bridgehead atoms. The van der Waals surface area contributed by atoms with Gasteiger partial charge in [0, 0.05) is 22.6 Å². The van der Waals surface area contributed by atoms with Gasteiger partial charge < -0.3 is 4.90 Å². The Kier molecular flexibility index (Phi) is 6.27. The Morgan fingerprint density at radius 3 is 2.72 bits per heavy atom. The molecule has 0 saturated heterocycles. The maximum Gasteiger partial charge on any atom is 0.260 e. The predicted octanol–water partition coefficient (Wildman–Crippen LogP) is 2.83. The molecule has 3 aromatic rings. The van der Waals surface area contributed by atoms with E-state index in [1.165, 1.54) is 11.1 Å². The maximum atomic E-state index is 12.9. The molecular formula is C23H21BrN6O2. The molecule has 1 N–H and O–H groups in total. The van der Waals surface area contributed by atoms with Crippen LogP contribution in [0.25, 0.3) is 0 Å². The van der Waals surface area contributed by atoms with Crippen molar-refractivity contribution in [3.05, 3.63) is 81.6 Å². The number of amides is 2. The number of hydrazone groups is 1. The molecule has 32 heavy (non-hydrogen) atoms. The van der Waals surface area contributed by atoms with Crippen LogP contribution in [-0.4, -0.2) is 46.6 Å². The predicted molar refractivity (Wildman–Crippen MR) is 127 cm³/mol. The van der Waals surface area contributed by atoms with Crippen LogP contribution in [0.1, 0.15) is 22.5 Å². The summed E-state index contributed by atoms with van der Waals surface area (Å²) in [4.78, 5) is 31.5. The number of rotatable bonds is 5. The highest BCUT2D eigenvalue weighted by molar-refractivity contribution is 9.10.